The van der Waals surface area contributed by atoms with Crippen LogP contribution in [0.4, 0.5) is 5.82 Å². The maximum atomic E-state index is 6.04. The van der Waals surface area contributed by atoms with Gasteiger partial charge in [0.05, 0.1) is 0 Å². The number of anilines is 1. The van der Waals surface area contributed by atoms with Gasteiger partial charge in [0.2, 0.25) is 0 Å². The largest absolute Gasteiger partial charge is 0.383 e. The fourth-order valence-corrected chi connectivity index (χ4v) is 3.66. The van der Waals surface area contributed by atoms with Crippen molar-refractivity contribution in [2.45, 2.75) is 64.8 Å². The fraction of sp³-hybridized carbons (Fsp3) is 0.722. The molecule has 0 amide bonds. The highest BCUT2D eigenvalue weighted by Gasteiger charge is 2.27. The minimum atomic E-state index is 0.547. The first kappa shape index (κ1) is 16.3. The van der Waals surface area contributed by atoms with E-state index in [0.29, 0.717) is 11.9 Å². The summed E-state index contributed by atoms with van der Waals surface area (Å²) in [5.74, 6) is 2.40. The molecule has 0 radical (unpaired) electrons. The molecule has 1 saturated carbocycles. The molecular weight excluding hydrogens is 258 g/mol. The quantitative estimate of drug-likeness (QED) is 0.803. The molecule has 118 valence electrons. The Labute approximate surface area is 129 Å². The summed E-state index contributed by atoms with van der Waals surface area (Å²) in [6.45, 7) is 5.66. The Bertz CT molecular complexity index is 419. The van der Waals surface area contributed by atoms with E-state index in [1.165, 1.54) is 44.1 Å². The zero-order valence-corrected chi connectivity index (χ0v) is 13.6. The first-order valence-corrected chi connectivity index (χ1v) is 8.67. The predicted octanol–water partition coefficient (Wildman–Crippen LogP) is 3.79. The van der Waals surface area contributed by atoms with Gasteiger partial charge in [-0.15, -0.1) is 0 Å². The van der Waals surface area contributed by atoms with Gasteiger partial charge in [0.1, 0.15) is 5.82 Å². The Morgan fingerprint density at radius 1 is 1.38 bits per heavy atom. The first-order chi connectivity index (χ1) is 10.2. The van der Waals surface area contributed by atoms with Gasteiger partial charge in [-0.1, -0.05) is 39.2 Å². The highest BCUT2D eigenvalue weighted by Crippen LogP contribution is 2.34. The molecule has 21 heavy (non-hydrogen) atoms. The van der Waals surface area contributed by atoms with Crippen LogP contribution in [0.3, 0.4) is 0 Å². The van der Waals surface area contributed by atoms with Crippen LogP contribution in [0.15, 0.2) is 18.3 Å². The highest BCUT2D eigenvalue weighted by molar-refractivity contribution is 5.39. The molecule has 3 nitrogen and oxygen atoms in total. The van der Waals surface area contributed by atoms with Gasteiger partial charge in [0.25, 0.3) is 0 Å². The van der Waals surface area contributed by atoms with Crippen molar-refractivity contribution < 1.29 is 0 Å². The summed E-state index contributed by atoms with van der Waals surface area (Å²) in [5.41, 5.74) is 7.24. The average Bonchev–Trinajstić information content (AvgIpc) is 2.53. The SMILES string of the molecule is CCCNC(Cc1cccnc1N)C1CCCC(CC)C1. The second-order valence-electron chi connectivity index (χ2n) is 6.51. The molecule has 0 bridgehead atoms. The van der Waals surface area contributed by atoms with Crippen LogP contribution in [-0.4, -0.2) is 17.6 Å². The molecule has 0 aromatic carbocycles. The van der Waals surface area contributed by atoms with E-state index in [4.69, 9.17) is 5.73 Å². The molecule has 0 saturated heterocycles. The van der Waals surface area contributed by atoms with Crippen molar-refractivity contribution >= 4 is 5.82 Å². The third-order valence-electron chi connectivity index (χ3n) is 4.99. The van der Waals surface area contributed by atoms with Crippen LogP contribution in [0.1, 0.15) is 57.9 Å². The summed E-state index contributed by atoms with van der Waals surface area (Å²) in [6.07, 6.45) is 10.8. The number of nitrogens with one attached hydrogen (secondary N) is 1. The van der Waals surface area contributed by atoms with E-state index >= 15 is 0 Å². The van der Waals surface area contributed by atoms with Crippen molar-refractivity contribution in [3.05, 3.63) is 23.9 Å². The van der Waals surface area contributed by atoms with E-state index in [0.717, 1.165) is 24.8 Å². The molecule has 1 heterocycles. The summed E-state index contributed by atoms with van der Waals surface area (Å²) >= 11 is 0. The lowest BCUT2D eigenvalue weighted by atomic mass is 9.75. The fourth-order valence-electron chi connectivity index (χ4n) is 3.66. The third-order valence-corrected chi connectivity index (χ3v) is 4.99. The number of hydrogen-bond donors (Lipinski definition) is 2. The number of nitrogens with zero attached hydrogens (tertiary/aromatic N) is 1. The molecule has 1 aliphatic rings. The van der Waals surface area contributed by atoms with Gasteiger partial charge in [-0.25, -0.2) is 4.98 Å². The number of aromatic nitrogens is 1. The molecule has 1 fully saturated rings. The van der Waals surface area contributed by atoms with Crippen LogP contribution in [0, 0.1) is 11.8 Å². The molecule has 2 rings (SSSR count). The number of pyridine rings is 1. The van der Waals surface area contributed by atoms with Gasteiger partial charge < -0.3 is 11.1 Å². The Morgan fingerprint density at radius 2 is 2.24 bits per heavy atom. The van der Waals surface area contributed by atoms with Gasteiger partial charge in [-0.3, -0.25) is 0 Å². The topological polar surface area (TPSA) is 50.9 Å². The number of rotatable bonds is 7. The maximum Gasteiger partial charge on any atom is 0.126 e. The number of nitrogen functional groups attached to an aromatic ring is 1. The molecule has 1 aromatic heterocycles. The van der Waals surface area contributed by atoms with Crippen LogP contribution in [0.5, 0.6) is 0 Å². The summed E-state index contributed by atoms with van der Waals surface area (Å²) in [4.78, 5) is 4.24. The van der Waals surface area contributed by atoms with Crippen molar-refractivity contribution in [1.29, 1.82) is 0 Å². The Balaban J connectivity index is 2.05. The van der Waals surface area contributed by atoms with Crippen LogP contribution in [0.25, 0.3) is 0 Å². The second kappa shape index (κ2) is 8.38. The third kappa shape index (κ3) is 4.70. The Kier molecular flexibility index (Phi) is 6.50. The Morgan fingerprint density at radius 3 is 2.95 bits per heavy atom. The normalized spacial score (nSPS) is 23.9. The van der Waals surface area contributed by atoms with E-state index in [9.17, 15) is 0 Å². The maximum absolute atomic E-state index is 6.04. The van der Waals surface area contributed by atoms with Gasteiger partial charge in [0.15, 0.2) is 0 Å². The van der Waals surface area contributed by atoms with Crippen molar-refractivity contribution in [3.8, 4) is 0 Å². The zero-order valence-electron chi connectivity index (χ0n) is 13.6. The van der Waals surface area contributed by atoms with E-state index in [-0.39, 0.29) is 0 Å². The van der Waals surface area contributed by atoms with Crippen molar-refractivity contribution in [3.63, 3.8) is 0 Å². The smallest absolute Gasteiger partial charge is 0.126 e. The molecule has 1 aliphatic carbocycles. The Hall–Kier alpha value is -1.09. The van der Waals surface area contributed by atoms with E-state index in [1.807, 2.05) is 6.07 Å². The molecular formula is C18H31N3. The van der Waals surface area contributed by atoms with Crippen LogP contribution in [0.2, 0.25) is 0 Å². The molecule has 1 aromatic rings. The zero-order chi connectivity index (χ0) is 15.1. The van der Waals surface area contributed by atoms with E-state index < -0.39 is 0 Å². The minimum Gasteiger partial charge on any atom is -0.383 e. The van der Waals surface area contributed by atoms with Gasteiger partial charge in [0, 0.05) is 12.2 Å². The summed E-state index contributed by atoms with van der Waals surface area (Å²) in [6, 6.07) is 4.67. The van der Waals surface area contributed by atoms with E-state index in [2.05, 4.69) is 30.2 Å². The van der Waals surface area contributed by atoms with Crippen LogP contribution in [-0.2, 0) is 6.42 Å². The van der Waals surface area contributed by atoms with Crippen molar-refractivity contribution in [1.82, 2.24) is 10.3 Å². The van der Waals surface area contributed by atoms with Crippen LogP contribution < -0.4 is 11.1 Å². The van der Waals surface area contributed by atoms with Crippen LogP contribution >= 0.6 is 0 Å². The monoisotopic (exact) mass is 289 g/mol. The molecule has 3 atom stereocenters. The lowest BCUT2D eigenvalue weighted by molar-refractivity contribution is 0.207. The molecule has 3 unspecified atom stereocenters. The lowest BCUT2D eigenvalue weighted by Crippen LogP contribution is -2.40. The first-order valence-electron chi connectivity index (χ1n) is 8.67. The van der Waals surface area contributed by atoms with E-state index in [1.54, 1.807) is 6.20 Å². The minimum absolute atomic E-state index is 0.547. The van der Waals surface area contributed by atoms with Gasteiger partial charge >= 0.3 is 0 Å². The van der Waals surface area contributed by atoms with Crippen molar-refractivity contribution in [2.75, 3.05) is 12.3 Å². The molecule has 3 heteroatoms. The van der Waals surface area contributed by atoms with Gasteiger partial charge in [-0.2, -0.15) is 0 Å². The molecule has 0 spiro atoms. The standard InChI is InChI=1S/C18H31N3/c1-3-10-20-17(13-16-9-6-11-21-18(16)19)15-8-5-7-14(4-2)12-15/h6,9,11,14-15,17,20H,3-5,7-8,10,12-13H2,1-2H3,(H2,19,21). The molecule has 3 N–H and O–H groups in total. The summed E-state index contributed by atoms with van der Waals surface area (Å²) in [7, 11) is 0. The predicted molar refractivity (Wildman–Crippen MR) is 90.2 cm³/mol. The highest BCUT2D eigenvalue weighted by atomic mass is 14.9. The van der Waals surface area contributed by atoms with Crippen molar-refractivity contribution in [2.24, 2.45) is 11.8 Å². The summed E-state index contributed by atoms with van der Waals surface area (Å²) < 4.78 is 0. The average molecular weight is 289 g/mol. The number of hydrogen-bond acceptors (Lipinski definition) is 3. The summed E-state index contributed by atoms with van der Waals surface area (Å²) in [5, 5.41) is 3.78. The molecule has 0 aliphatic heterocycles. The van der Waals surface area contributed by atoms with Gasteiger partial charge in [-0.05, 0) is 55.7 Å². The lowest BCUT2D eigenvalue weighted by Gasteiger charge is -2.35. The second-order valence-corrected chi connectivity index (χ2v) is 6.51. The number of nitrogens with two attached hydrogens (primary N) is 1.